The Bertz CT molecular complexity index is 929. The van der Waals surface area contributed by atoms with Gasteiger partial charge in [0.2, 0.25) is 0 Å². The van der Waals surface area contributed by atoms with Crippen LogP contribution in [0.5, 0.6) is 0 Å². The van der Waals surface area contributed by atoms with Crippen molar-refractivity contribution in [1.29, 1.82) is 0 Å². The number of allylic oxidation sites excluding steroid dienone is 1. The molecule has 1 aliphatic carbocycles. The third kappa shape index (κ3) is 1.95. The van der Waals surface area contributed by atoms with E-state index in [0.29, 0.717) is 5.78 Å². The van der Waals surface area contributed by atoms with Crippen LogP contribution in [0.1, 0.15) is 23.2 Å². The average Bonchev–Trinajstić information content (AvgIpc) is 3.13. The lowest BCUT2D eigenvalue weighted by atomic mass is 10.1. The van der Waals surface area contributed by atoms with E-state index in [2.05, 4.69) is 15.1 Å². The van der Waals surface area contributed by atoms with Crippen LogP contribution in [0, 0.1) is 10.1 Å². The first-order chi connectivity index (χ1) is 10.7. The summed E-state index contributed by atoms with van der Waals surface area (Å²) in [7, 11) is 0. The maximum atomic E-state index is 10.9. The molecule has 3 aromatic rings. The van der Waals surface area contributed by atoms with E-state index in [1.54, 1.807) is 16.6 Å². The molecule has 0 fully saturated rings. The molecule has 7 nitrogen and oxygen atoms in total. The predicted molar refractivity (Wildman–Crippen MR) is 80.1 cm³/mol. The topological polar surface area (TPSA) is 86.2 Å². The zero-order chi connectivity index (χ0) is 15.1. The number of benzene rings is 1. The second kappa shape index (κ2) is 4.73. The Kier molecular flexibility index (Phi) is 2.72. The zero-order valence-electron chi connectivity index (χ0n) is 11.5. The molecule has 2 heterocycles. The van der Waals surface area contributed by atoms with E-state index in [0.717, 1.165) is 35.2 Å². The fraction of sp³-hybridized carbons (Fsp3) is 0.133. The third-order valence-corrected chi connectivity index (χ3v) is 3.77. The largest absolute Gasteiger partial charge is 0.270 e. The minimum Gasteiger partial charge on any atom is -0.258 e. The Balaban J connectivity index is 1.84. The SMILES string of the molecule is O=[N+]([O-])c1cccc(/C=C2\CCc3cnc4ncnn4c32)c1. The lowest BCUT2D eigenvalue weighted by molar-refractivity contribution is -0.384. The summed E-state index contributed by atoms with van der Waals surface area (Å²) in [5.74, 6) is 0.561. The number of non-ortho nitro benzene ring substituents is 1. The summed E-state index contributed by atoms with van der Waals surface area (Å²) in [5, 5.41) is 15.1. The van der Waals surface area contributed by atoms with Crippen LogP contribution in [-0.4, -0.2) is 24.5 Å². The number of rotatable bonds is 2. The van der Waals surface area contributed by atoms with Gasteiger partial charge in [-0.05, 0) is 35.6 Å². The van der Waals surface area contributed by atoms with E-state index in [1.165, 1.54) is 12.4 Å². The van der Waals surface area contributed by atoms with Gasteiger partial charge in [0.25, 0.3) is 11.5 Å². The van der Waals surface area contributed by atoms with Gasteiger partial charge in [-0.25, -0.2) is 4.98 Å². The monoisotopic (exact) mass is 293 g/mol. The number of hydrogen-bond acceptors (Lipinski definition) is 5. The maximum Gasteiger partial charge on any atom is 0.270 e. The maximum absolute atomic E-state index is 10.9. The second-order valence-corrected chi connectivity index (χ2v) is 5.13. The number of fused-ring (bicyclic) bond motifs is 3. The van der Waals surface area contributed by atoms with Crippen LogP contribution in [0.4, 0.5) is 5.69 Å². The molecule has 0 unspecified atom stereocenters. The molecule has 7 heteroatoms. The van der Waals surface area contributed by atoms with Gasteiger partial charge >= 0.3 is 0 Å². The number of hydrogen-bond donors (Lipinski definition) is 0. The second-order valence-electron chi connectivity index (χ2n) is 5.13. The van der Waals surface area contributed by atoms with Gasteiger partial charge in [-0.2, -0.15) is 14.6 Å². The molecule has 22 heavy (non-hydrogen) atoms. The number of nitrogens with zero attached hydrogens (tertiary/aromatic N) is 5. The van der Waals surface area contributed by atoms with Crippen LogP contribution < -0.4 is 0 Å². The zero-order valence-corrected chi connectivity index (χ0v) is 11.5. The summed E-state index contributed by atoms with van der Waals surface area (Å²) >= 11 is 0. The van der Waals surface area contributed by atoms with Crippen LogP contribution in [0.25, 0.3) is 17.4 Å². The number of nitro groups is 1. The molecule has 0 saturated carbocycles. The smallest absolute Gasteiger partial charge is 0.258 e. The van der Waals surface area contributed by atoms with Crippen molar-refractivity contribution in [2.24, 2.45) is 0 Å². The molecule has 0 radical (unpaired) electrons. The molecule has 0 N–H and O–H groups in total. The third-order valence-electron chi connectivity index (χ3n) is 3.77. The van der Waals surface area contributed by atoms with Gasteiger partial charge in [0.15, 0.2) is 0 Å². The van der Waals surface area contributed by atoms with Gasteiger partial charge in [-0.15, -0.1) is 0 Å². The standard InChI is InChI=1S/C15H11N5O2/c21-20(22)13-3-1-2-10(7-13)6-11-4-5-12-8-16-15-17-9-18-19(15)14(11)12/h1-3,6-9H,4-5H2/b11-6+. The van der Waals surface area contributed by atoms with E-state index < -0.39 is 0 Å². The number of aromatic nitrogens is 4. The number of aryl methyl sites for hydroxylation is 1. The highest BCUT2D eigenvalue weighted by Crippen LogP contribution is 2.33. The highest BCUT2D eigenvalue weighted by Gasteiger charge is 2.21. The highest BCUT2D eigenvalue weighted by molar-refractivity contribution is 5.84. The molecular formula is C15H11N5O2. The van der Waals surface area contributed by atoms with Crippen LogP contribution in [0.2, 0.25) is 0 Å². The van der Waals surface area contributed by atoms with Crippen molar-refractivity contribution in [3.8, 4) is 0 Å². The predicted octanol–water partition coefficient (Wildman–Crippen LogP) is 2.52. The Morgan fingerprint density at radius 2 is 2.18 bits per heavy atom. The number of nitro benzene ring substituents is 1. The molecule has 108 valence electrons. The van der Waals surface area contributed by atoms with Gasteiger partial charge in [-0.1, -0.05) is 12.1 Å². The fourth-order valence-corrected chi connectivity index (χ4v) is 2.80. The average molecular weight is 293 g/mol. The molecule has 1 aromatic carbocycles. The van der Waals surface area contributed by atoms with E-state index in [-0.39, 0.29) is 10.6 Å². The molecule has 0 atom stereocenters. The summed E-state index contributed by atoms with van der Waals surface area (Å²) in [6.45, 7) is 0. The Morgan fingerprint density at radius 3 is 3.05 bits per heavy atom. The molecule has 0 bridgehead atoms. The molecule has 2 aromatic heterocycles. The lowest BCUT2D eigenvalue weighted by Crippen LogP contribution is -1.99. The molecule has 0 spiro atoms. The molecular weight excluding hydrogens is 282 g/mol. The summed E-state index contributed by atoms with van der Waals surface area (Å²) in [4.78, 5) is 18.9. The summed E-state index contributed by atoms with van der Waals surface area (Å²) in [5.41, 5.74) is 4.10. The minimum absolute atomic E-state index is 0.0909. The van der Waals surface area contributed by atoms with Crippen molar-refractivity contribution < 1.29 is 4.92 Å². The van der Waals surface area contributed by atoms with Crippen LogP contribution in [-0.2, 0) is 6.42 Å². The molecule has 4 rings (SSSR count). The summed E-state index contributed by atoms with van der Waals surface area (Å²) in [6.07, 6.45) is 7.02. The van der Waals surface area contributed by atoms with Gasteiger partial charge in [0, 0.05) is 18.3 Å². The van der Waals surface area contributed by atoms with Gasteiger partial charge < -0.3 is 0 Å². The van der Waals surface area contributed by atoms with Crippen LogP contribution in [0.3, 0.4) is 0 Å². The van der Waals surface area contributed by atoms with Crippen LogP contribution in [0.15, 0.2) is 36.8 Å². The van der Waals surface area contributed by atoms with E-state index in [9.17, 15) is 10.1 Å². The molecule has 0 amide bonds. The van der Waals surface area contributed by atoms with Crippen molar-refractivity contribution in [3.63, 3.8) is 0 Å². The van der Waals surface area contributed by atoms with Crippen molar-refractivity contribution in [2.75, 3.05) is 0 Å². The fourth-order valence-electron chi connectivity index (χ4n) is 2.80. The first kappa shape index (κ1) is 12.6. The molecule has 0 aliphatic heterocycles. The van der Waals surface area contributed by atoms with Crippen molar-refractivity contribution in [1.82, 2.24) is 19.6 Å². The van der Waals surface area contributed by atoms with Crippen molar-refractivity contribution in [3.05, 3.63) is 63.7 Å². The van der Waals surface area contributed by atoms with Crippen molar-refractivity contribution >= 4 is 23.1 Å². The van der Waals surface area contributed by atoms with Gasteiger partial charge in [0.1, 0.15) is 6.33 Å². The molecule has 0 saturated heterocycles. The molecule has 1 aliphatic rings. The first-order valence-corrected chi connectivity index (χ1v) is 6.85. The minimum atomic E-state index is -0.385. The van der Waals surface area contributed by atoms with Crippen molar-refractivity contribution in [2.45, 2.75) is 12.8 Å². The summed E-state index contributed by atoms with van der Waals surface area (Å²) < 4.78 is 1.73. The summed E-state index contributed by atoms with van der Waals surface area (Å²) in [6, 6.07) is 6.62. The van der Waals surface area contributed by atoms with E-state index in [1.807, 2.05) is 18.3 Å². The first-order valence-electron chi connectivity index (χ1n) is 6.85. The van der Waals surface area contributed by atoms with E-state index >= 15 is 0 Å². The lowest BCUT2D eigenvalue weighted by Gasteiger charge is -2.04. The quantitative estimate of drug-likeness (QED) is 0.535. The normalized spacial score (nSPS) is 15.4. The Hall–Kier alpha value is -3.09. The van der Waals surface area contributed by atoms with Gasteiger partial charge in [0.05, 0.1) is 10.6 Å². The van der Waals surface area contributed by atoms with E-state index in [4.69, 9.17) is 0 Å². The highest BCUT2D eigenvalue weighted by atomic mass is 16.6. The van der Waals surface area contributed by atoms with Gasteiger partial charge in [-0.3, -0.25) is 10.1 Å². The Labute approximate surface area is 125 Å². The van der Waals surface area contributed by atoms with Crippen LogP contribution >= 0.6 is 0 Å². The Morgan fingerprint density at radius 1 is 1.27 bits per heavy atom.